The second-order valence-corrected chi connectivity index (χ2v) is 13.1. The second-order valence-electron chi connectivity index (χ2n) is 13.1. The van der Waals surface area contributed by atoms with Crippen molar-refractivity contribution in [3.05, 3.63) is 71.4 Å². The number of ether oxygens (including phenoxy) is 4. The Bertz CT molecular complexity index is 1400. The molecule has 0 unspecified atom stereocenters. The summed E-state index contributed by atoms with van der Waals surface area (Å²) in [6.07, 6.45) is 3.79. The van der Waals surface area contributed by atoms with E-state index in [-0.39, 0.29) is 49.5 Å². The summed E-state index contributed by atoms with van der Waals surface area (Å²) in [4.78, 5) is 42.8. The van der Waals surface area contributed by atoms with Crippen LogP contribution in [0.3, 0.4) is 0 Å². The van der Waals surface area contributed by atoms with Gasteiger partial charge >= 0.3 is 5.97 Å². The molecule has 4 atom stereocenters. The molecule has 2 aromatic carbocycles. The van der Waals surface area contributed by atoms with E-state index in [0.29, 0.717) is 23.7 Å². The number of fused-ring (bicyclic) bond motifs is 2. The number of methoxy groups -OCH3 is 1. The van der Waals surface area contributed by atoms with Crippen LogP contribution in [0.5, 0.6) is 11.5 Å². The Morgan fingerprint density at radius 1 is 1.05 bits per heavy atom. The van der Waals surface area contributed by atoms with E-state index < -0.39 is 23.4 Å². The molecule has 2 aromatic rings. The van der Waals surface area contributed by atoms with Crippen LogP contribution in [0.2, 0.25) is 0 Å². The molecular formula is C35H44N2O7. The van der Waals surface area contributed by atoms with Crippen molar-refractivity contribution in [3.63, 3.8) is 0 Å². The number of hydrogen-bond acceptors (Lipinski definition) is 7. The number of amides is 2. The van der Waals surface area contributed by atoms with Crippen molar-refractivity contribution in [1.29, 1.82) is 0 Å². The molecule has 0 bridgehead atoms. The first kappa shape index (κ1) is 31.6. The molecular weight excluding hydrogens is 560 g/mol. The van der Waals surface area contributed by atoms with E-state index >= 15 is 0 Å². The number of benzene rings is 2. The van der Waals surface area contributed by atoms with E-state index in [0.717, 1.165) is 24.8 Å². The van der Waals surface area contributed by atoms with E-state index in [2.05, 4.69) is 38.2 Å². The topological polar surface area (TPSA) is 103 Å². The molecule has 1 fully saturated rings. The first-order chi connectivity index (χ1) is 21.0. The average Bonchev–Trinajstić information content (AvgIpc) is 3.47. The summed E-state index contributed by atoms with van der Waals surface area (Å²) in [7, 11) is 1.35. The molecule has 1 saturated heterocycles. The van der Waals surface area contributed by atoms with E-state index in [9.17, 15) is 14.4 Å². The monoisotopic (exact) mass is 604 g/mol. The zero-order valence-electron chi connectivity index (χ0n) is 26.4. The maximum absolute atomic E-state index is 14.3. The molecule has 0 aliphatic carbocycles. The number of aryl methyl sites for hydroxylation is 1. The molecule has 2 amide bonds. The van der Waals surface area contributed by atoms with Crippen LogP contribution in [0.4, 0.5) is 0 Å². The van der Waals surface area contributed by atoms with Gasteiger partial charge in [-0.2, -0.15) is 0 Å². The van der Waals surface area contributed by atoms with Crippen LogP contribution in [0.1, 0.15) is 64.5 Å². The Balaban J connectivity index is 1.38. The average molecular weight is 605 g/mol. The van der Waals surface area contributed by atoms with E-state index in [1.54, 1.807) is 4.90 Å². The van der Waals surface area contributed by atoms with Crippen LogP contribution in [0, 0.1) is 16.7 Å². The van der Waals surface area contributed by atoms with Gasteiger partial charge in [-0.15, -0.1) is 0 Å². The van der Waals surface area contributed by atoms with Gasteiger partial charge in [0, 0.05) is 24.6 Å². The normalized spacial score (nSPS) is 24.4. The maximum Gasteiger partial charge on any atom is 0.320 e. The summed E-state index contributed by atoms with van der Waals surface area (Å²) in [6.45, 7) is 8.91. The Kier molecular flexibility index (Phi) is 9.34. The smallest absolute Gasteiger partial charge is 0.320 e. The van der Waals surface area contributed by atoms with Crippen molar-refractivity contribution in [2.24, 2.45) is 16.7 Å². The molecule has 9 nitrogen and oxygen atoms in total. The highest BCUT2D eigenvalue weighted by Crippen LogP contribution is 2.52. The van der Waals surface area contributed by atoms with Crippen molar-refractivity contribution in [2.45, 2.75) is 78.6 Å². The molecule has 44 heavy (non-hydrogen) atoms. The quantitative estimate of drug-likeness (QED) is 0.295. The highest BCUT2D eigenvalue weighted by atomic mass is 16.7. The zero-order chi connectivity index (χ0) is 31.5. The molecule has 9 heteroatoms. The fraction of sp³-hybridized carbons (Fsp3) is 0.514. The van der Waals surface area contributed by atoms with Crippen molar-refractivity contribution < 1.29 is 33.3 Å². The molecule has 0 radical (unpaired) electrons. The lowest BCUT2D eigenvalue weighted by Gasteiger charge is -2.53. The highest BCUT2D eigenvalue weighted by molar-refractivity contribution is 5.92. The molecule has 1 N–H and O–H groups in total. The van der Waals surface area contributed by atoms with Gasteiger partial charge in [0.2, 0.25) is 18.6 Å². The minimum atomic E-state index is -1.25. The van der Waals surface area contributed by atoms with Gasteiger partial charge < -0.3 is 29.2 Å². The van der Waals surface area contributed by atoms with Gasteiger partial charge in [-0.3, -0.25) is 14.4 Å². The molecule has 0 aromatic heterocycles. The molecule has 5 rings (SSSR count). The molecule has 236 valence electrons. The lowest BCUT2D eigenvalue weighted by atomic mass is 9.65. The molecule has 3 aliphatic heterocycles. The number of carbonyl (C=O) groups is 3. The number of hydrogen-bond donors (Lipinski definition) is 1. The number of nitrogens with zero attached hydrogens (tertiary/aromatic N) is 1. The SMILES string of the molecule is COC(=O)[C@]12C[C@H](CC(=O)NCCCCc3ccccc3)C(=O)N(Cc3ccc4c(c3)OCO4)C1=C[C@H](C(C)(C)C)O[C@@H]2C. The van der Waals surface area contributed by atoms with Crippen LogP contribution in [-0.2, 0) is 36.8 Å². The van der Waals surface area contributed by atoms with Gasteiger partial charge in [-0.25, -0.2) is 0 Å². The Morgan fingerprint density at radius 3 is 2.52 bits per heavy atom. The van der Waals surface area contributed by atoms with Gasteiger partial charge in [0.1, 0.15) is 5.41 Å². The minimum Gasteiger partial charge on any atom is -0.468 e. The zero-order valence-corrected chi connectivity index (χ0v) is 26.4. The minimum absolute atomic E-state index is 0.0311. The largest absolute Gasteiger partial charge is 0.468 e. The van der Waals surface area contributed by atoms with E-state index in [1.165, 1.54) is 12.7 Å². The van der Waals surface area contributed by atoms with Crippen molar-refractivity contribution in [2.75, 3.05) is 20.4 Å². The predicted molar refractivity (Wildman–Crippen MR) is 165 cm³/mol. The number of unbranched alkanes of at least 4 members (excludes halogenated alkanes) is 1. The van der Waals surface area contributed by atoms with Gasteiger partial charge in [-0.1, -0.05) is 57.2 Å². The summed E-state index contributed by atoms with van der Waals surface area (Å²) < 4.78 is 22.9. The van der Waals surface area contributed by atoms with Crippen molar-refractivity contribution >= 4 is 17.8 Å². The third-order valence-electron chi connectivity index (χ3n) is 8.96. The summed E-state index contributed by atoms with van der Waals surface area (Å²) in [5.41, 5.74) is 1.12. The lowest BCUT2D eigenvalue weighted by molar-refractivity contribution is -0.180. The Labute approximate surface area is 259 Å². The third-order valence-corrected chi connectivity index (χ3v) is 8.96. The number of rotatable bonds is 10. The third kappa shape index (κ3) is 6.48. The summed E-state index contributed by atoms with van der Waals surface area (Å²) in [5, 5.41) is 2.99. The van der Waals surface area contributed by atoms with Crippen molar-refractivity contribution in [3.8, 4) is 11.5 Å². The summed E-state index contributed by atoms with van der Waals surface area (Å²) in [6, 6.07) is 15.8. The van der Waals surface area contributed by atoms with Crippen LogP contribution in [0.15, 0.2) is 60.3 Å². The highest BCUT2D eigenvalue weighted by Gasteiger charge is 2.60. The van der Waals surface area contributed by atoms with Crippen molar-refractivity contribution in [1.82, 2.24) is 10.2 Å². The van der Waals surface area contributed by atoms with Gasteiger partial charge in [0.05, 0.1) is 25.9 Å². The number of carbonyl (C=O) groups excluding carboxylic acids is 3. The van der Waals surface area contributed by atoms with Gasteiger partial charge in [0.15, 0.2) is 11.5 Å². The molecule has 3 heterocycles. The fourth-order valence-electron chi connectivity index (χ4n) is 6.45. The van der Waals surface area contributed by atoms with Crippen LogP contribution >= 0.6 is 0 Å². The number of esters is 1. The second kappa shape index (κ2) is 13.0. The maximum atomic E-state index is 14.3. The lowest BCUT2D eigenvalue weighted by Crippen LogP contribution is -2.61. The Morgan fingerprint density at radius 2 is 1.80 bits per heavy atom. The first-order valence-electron chi connectivity index (χ1n) is 15.5. The van der Waals surface area contributed by atoms with Crippen LogP contribution in [0.25, 0.3) is 0 Å². The summed E-state index contributed by atoms with van der Waals surface area (Å²) >= 11 is 0. The van der Waals surface area contributed by atoms with Crippen LogP contribution < -0.4 is 14.8 Å². The summed E-state index contributed by atoms with van der Waals surface area (Å²) in [5.74, 6) is -0.367. The van der Waals surface area contributed by atoms with E-state index in [4.69, 9.17) is 18.9 Å². The van der Waals surface area contributed by atoms with Gasteiger partial charge in [-0.05, 0) is 67.4 Å². The van der Waals surface area contributed by atoms with Crippen LogP contribution in [-0.4, -0.2) is 55.3 Å². The van der Waals surface area contributed by atoms with Gasteiger partial charge in [0.25, 0.3) is 0 Å². The molecule has 0 saturated carbocycles. The van der Waals surface area contributed by atoms with E-state index in [1.807, 2.05) is 49.4 Å². The Hall–Kier alpha value is -3.85. The standard InChI is InChI=1S/C35H44N2O7/c1-23-35(33(40)41-5)20-26(18-31(38)36-16-10-9-13-24-11-7-6-8-12-24)32(39)37(29(35)19-30(44-23)34(2,3)4)21-25-14-15-27-28(17-25)43-22-42-27/h6-8,11-12,14-15,17,19,23,26,30H,9-10,13,16,18,20-22H2,1-5H3,(H,36,38)/t23-,26+,30-,35+/m1/s1. The molecule has 3 aliphatic rings. The number of piperidine rings is 1. The number of likely N-dealkylation sites (tertiary alicyclic amines) is 1. The first-order valence-corrected chi connectivity index (χ1v) is 15.5. The fourth-order valence-corrected chi connectivity index (χ4v) is 6.45. The number of nitrogens with one attached hydrogen (secondary N) is 1. The molecule has 0 spiro atoms. The predicted octanol–water partition coefficient (Wildman–Crippen LogP) is 5.17.